The molecule has 80 valence electrons. The molecule has 0 radical (unpaired) electrons. The molecule has 0 aliphatic carbocycles. The molecule has 0 aliphatic rings. The molecule has 2 aromatic rings. The van der Waals surface area contributed by atoms with Crippen molar-refractivity contribution in [3.8, 4) is 0 Å². The first kappa shape index (κ1) is 10.1. The van der Waals surface area contributed by atoms with E-state index in [1.807, 2.05) is 24.0 Å². The van der Waals surface area contributed by atoms with Gasteiger partial charge >= 0.3 is 0 Å². The first-order chi connectivity index (χ1) is 7.20. The summed E-state index contributed by atoms with van der Waals surface area (Å²) in [7, 11) is 1.90. The molecule has 0 saturated heterocycles. The summed E-state index contributed by atoms with van der Waals surface area (Å²) in [6.07, 6.45) is 4.69. The fourth-order valence-electron chi connectivity index (χ4n) is 1.52. The molecule has 0 saturated carbocycles. The highest BCUT2D eigenvalue weighted by Crippen LogP contribution is 2.05. The van der Waals surface area contributed by atoms with Crippen molar-refractivity contribution in [1.29, 1.82) is 0 Å². The lowest BCUT2D eigenvalue weighted by atomic mass is 10.3. The highest BCUT2D eigenvalue weighted by atomic mass is 32.1. The third-order valence-electron chi connectivity index (χ3n) is 2.25. The fraction of sp³-hybridized carbons (Fsp3) is 0.444. The average molecular weight is 223 g/mol. The summed E-state index contributed by atoms with van der Waals surface area (Å²) in [5.74, 6) is 0.976. The van der Waals surface area contributed by atoms with E-state index in [0.717, 1.165) is 24.4 Å². The Hall–Kier alpha value is -1.43. The van der Waals surface area contributed by atoms with E-state index in [1.54, 1.807) is 4.68 Å². The van der Waals surface area contributed by atoms with Crippen molar-refractivity contribution < 1.29 is 0 Å². The molecule has 0 aliphatic heterocycles. The van der Waals surface area contributed by atoms with Gasteiger partial charge in [-0.2, -0.15) is 10.2 Å². The number of rotatable bonds is 3. The number of hydrogen-bond acceptors (Lipinski definition) is 3. The van der Waals surface area contributed by atoms with Crippen molar-refractivity contribution in [3.05, 3.63) is 28.6 Å². The fourth-order valence-corrected chi connectivity index (χ4v) is 1.73. The highest BCUT2D eigenvalue weighted by molar-refractivity contribution is 7.71. The second-order valence-electron chi connectivity index (χ2n) is 3.41. The number of nitrogens with zero attached hydrogens (tertiary/aromatic N) is 4. The van der Waals surface area contributed by atoms with Gasteiger partial charge in [-0.15, -0.1) is 0 Å². The van der Waals surface area contributed by atoms with E-state index in [9.17, 15) is 0 Å². The van der Waals surface area contributed by atoms with Crippen LogP contribution in [-0.4, -0.2) is 24.5 Å². The first-order valence-corrected chi connectivity index (χ1v) is 5.23. The number of aromatic nitrogens is 5. The van der Waals surface area contributed by atoms with Crippen LogP contribution >= 0.6 is 12.2 Å². The first-order valence-electron chi connectivity index (χ1n) is 4.82. The minimum Gasteiger partial charge on any atom is -0.300 e. The topological polar surface area (TPSA) is 51.4 Å². The molecule has 0 fully saturated rings. The Labute approximate surface area is 92.7 Å². The monoisotopic (exact) mass is 223 g/mol. The molecule has 2 heterocycles. The summed E-state index contributed by atoms with van der Waals surface area (Å²) in [5.41, 5.74) is 1.13. The molecule has 15 heavy (non-hydrogen) atoms. The second kappa shape index (κ2) is 3.98. The van der Waals surface area contributed by atoms with Gasteiger partial charge in [0.15, 0.2) is 4.77 Å². The van der Waals surface area contributed by atoms with Crippen LogP contribution in [0.1, 0.15) is 18.3 Å². The largest absolute Gasteiger partial charge is 0.300 e. The molecule has 5 nitrogen and oxygen atoms in total. The molecule has 6 heteroatoms. The number of H-pyrrole nitrogens is 1. The molecule has 0 aromatic carbocycles. The van der Waals surface area contributed by atoms with E-state index >= 15 is 0 Å². The van der Waals surface area contributed by atoms with Crippen LogP contribution in [0.3, 0.4) is 0 Å². The second-order valence-corrected chi connectivity index (χ2v) is 3.79. The van der Waals surface area contributed by atoms with E-state index in [2.05, 4.69) is 22.2 Å². The molecule has 0 spiro atoms. The third kappa shape index (κ3) is 1.99. The molecular weight excluding hydrogens is 210 g/mol. The normalized spacial score (nSPS) is 10.8. The maximum atomic E-state index is 5.16. The lowest BCUT2D eigenvalue weighted by Gasteiger charge is -2.02. The maximum Gasteiger partial charge on any atom is 0.195 e. The molecular formula is C9H13N5S. The molecule has 0 atom stereocenters. The van der Waals surface area contributed by atoms with Crippen molar-refractivity contribution >= 4 is 12.2 Å². The predicted octanol–water partition coefficient (Wildman–Crippen LogP) is 1.28. The van der Waals surface area contributed by atoms with Crippen LogP contribution in [0.15, 0.2) is 12.4 Å². The van der Waals surface area contributed by atoms with Gasteiger partial charge < -0.3 is 0 Å². The zero-order chi connectivity index (χ0) is 10.8. The molecule has 2 rings (SSSR count). The van der Waals surface area contributed by atoms with Crippen LogP contribution in [0.5, 0.6) is 0 Å². The molecule has 0 bridgehead atoms. The van der Waals surface area contributed by atoms with Crippen molar-refractivity contribution in [1.82, 2.24) is 24.5 Å². The molecule has 2 aromatic heterocycles. The lowest BCUT2D eigenvalue weighted by Crippen LogP contribution is -2.03. The summed E-state index contributed by atoms with van der Waals surface area (Å²) in [6, 6.07) is 0. The maximum absolute atomic E-state index is 5.16. The van der Waals surface area contributed by atoms with Gasteiger partial charge in [0.05, 0.1) is 12.7 Å². The lowest BCUT2D eigenvalue weighted by molar-refractivity contribution is 0.721. The molecule has 0 unspecified atom stereocenters. The van der Waals surface area contributed by atoms with Gasteiger partial charge in [0.2, 0.25) is 0 Å². The Morgan fingerprint density at radius 3 is 2.93 bits per heavy atom. The Bertz CT molecular complexity index is 507. The van der Waals surface area contributed by atoms with Crippen LogP contribution in [0.4, 0.5) is 0 Å². The minimum atomic E-state index is 0.663. The third-order valence-corrected chi connectivity index (χ3v) is 2.56. The molecule has 0 amide bonds. The van der Waals surface area contributed by atoms with E-state index in [4.69, 9.17) is 12.2 Å². The summed E-state index contributed by atoms with van der Waals surface area (Å²) < 4.78 is 4.44. The average Bonchev–Trinajstić information content (AvgIpc) is 2.76. The van der Waals surface area contributed by atoms with Gasteiger partial charge in [0, 0.05) is 25.2 Å². The van der Waals surface area contributed by atoms with Gasteiger partial charge in [-0.3, -0.25) is 14.3 Å². The number of hydrogen-bond donors (Lipinski definition) is 1. The van der Waals surface area contributed by atoms with Crippen molar-refractivity contribution in [2.24, 2.45) is 7.05 Å². The minimum absolute atomic E-state index is 0.663. The zero-order valence-electron chi connectivity index (χ0n) is 8.77. The predicted molar refractivity (Wildman–Crippen MR) is 59.1 cm³/mol. The van der Waals surface area contributed by atoms with Gasteiger partial charge in [-0.25, -0.2) is 0 Å². The van der Waals surface area contributed by atoms with Gasteiger partial charge in [0.25, 0.3) is 0 Å². The standard InChI is InChI=1S/C9H13N5S/c1-3-8-11-12-9(15)14(8)6-7-4-10-13(2)5-7/h4-5H,3,6H2,1-2H3,(H,12,15). The van der Waals surface area contributed by atoms with Gasteiger partial charge in [0.1, 0.15) is 5.82 Å². The van der Waals surface area contributed by atoms with Crippen LogP contribution < -0.4 is 0 Å². The summed E-state index contributed by atoms with van der Waals surface area (Å²) in [4.78, 5) is 0. The Morgan fingerprint density at radius 1 is 1.53 bits per heavy atom. The van der Waals surface area contributed by atoms with E-state index in [1.165, 1.54) is 0 Å². The number of aromatic amines is 1. The van der Waals surface area contributed by atoms with Crippen molar-refractivity contribution in [2.75, 3.05) is 0 Å². The van der Waals surface area contributed by atoms with Crippen LogP contribution in [0, 0.1) is 4.77 Å². The summed E-state index contributed by atoms with van der Waals surface area (Å²) in [6.45, 7) is 2.79. The smallest absolute Gasteiger partial charge is 0.195 e. The highest BCUT2D eigenvalue weighted by Gasteiger charge is 2.05. The van der Waals surface area contributed by atoms with Crippen LogP contribution in [0.25, 0.3) is 0 Å². The van der Waals surface area contributed by atoms with E-state index in [-0.39, 0.29) is 0 Å². The van der Waals surface area contributed by atoms with Crippen LogP contribution in [0.2, 0.25) is 0 Å². The molecule has 1 N–H and O–H groups in total. The summed E-state index contributed by atoms with van der Waals surface area (Å²) in [5, 5.41) is 11.1. The zero-order valence-corrected chi connectivity index (χ0v) is 9.58. The quantitative estimate of drug-likeness (QED) is 0.798. The Kier molecular flexibility index (Phi) is 2.68. The number of aryl methyl sites for hydroxylation is 2. The Balaban J connectivity index is 2.31. The number of nitrogens with one attached hydrogen (secondary N) is 1. The SMILES string of the molecule is CCc1n[nH]c(=S)n1Cc1cnn(C)c1. The van der Waals surface area contributed by atoms with Gasteiger partial charge in [-0.05, 0) is 12.2 Å². The van der Waals surface area contributed by atoms with Crippen LogP contribution in [-0.2, 0) is 20.0 Å². The van der Waals surface area contributed by atoms with Crippen molar-refractivity contribution in [3.63, 3.8) is 0 Å². The van der Waals surface area contributed by atoms with E-state index < -0.39 is 0 Å². The van der Waals surface area contributed by atoms with E-state index in [0.29, 0.717) is 4.77 Å². The van der Waals surface area contributed by atoms with Crippen molar-refractivity contribution in [2.45, 2.75) is 19.9 Å². The summed E-state index contributed by atoms with van der Waals surface area (Å²) >= 11 is 5.16. The Morgan fingerprint density at radius 2 is 2.33 bits per heavy atom. The van der Waals surface area contributed by atoms with Gasteiger partial charge in [-0.1, -0.05) is 6.92 Å².